The summed E-state index contributed by atoms with van der Waals surface area (Å²) in [6, 6.07) is 14.1. The monoisotopic (exact) mass is 459 g/mol. The Morgan fingerprint density at radius 1 is 0.824 bits per heavy atom. The van der Waals surface area contributed by atoms with Gasteiger partial charge in [-0.1, -0.05) is 12.1 Å². The molecule has 174 valence electrons. The Kier molecular flexibility index (Phi) is 6.58. The molecule has 2 aromatic carbocycles. The summed E-state index contributed by atoms with van der Waals surface area (Å²) in [6.07, 6.45) is 1.88. The van der Waals surface area contributed by atoms with Crippen LogP contribution in [0, 0.1) is 0 Å². The first-order chi connectivity index (χ1) is 16.4. The van der Waals surface area contributed by atoms with Crippen molar-refractivity contribution in [2.75, 3.05) is 21.3 Å². The first-order valence-corrected chi connectivity index (χ1v) is 10.7. The maximum absolute atomic E-state index is 12.9. The van der Waals surface area contributed by atoms with Gasteiger partial charge in [0.2, 0.25) is 0 Å². The number of methoxy groups -OCH3 is 3. The van der Waals surface area contributed by atoms with Crippen molar-refractivity contribution in [3.8, 4) is 28.5 Å². The minimum atomic E-state index is -0.223. The molecule has 0 fully saturated rings. The Hall–Kier alpha value is -4.20. The topological polar surface area (TPSA) is 92.5 Å². The van der Waals surface area contributed by atoms with Crippen molar-refractivity contribution in [3.63, 3.8) is 0 Å². The van der Waals surface area contributed by atoms with Crippen LogP contribution in [0.1, 0.15) is 33.7 Å². The highest BCUT2D eigenvalue weighted by molar-refractivity contribution is 6.02. The Labute approximate surface area is 197 Å². The average Bonchev–Trinajstić information content (AvgIpc) is 3.25. The van der Waals surface area contributed by atoms with Crippen molar-refractivity contribution >= 4 is 22.5 Å². The van der Waals surface area contributed by atoms with Crippen molar-refractivity contribution < 1.29 is 23.8 Å². The summed E-state index contributed by atoms with van der Waals surface area (Å²) in [5, 5.41) is 5.27. The maximum Gasteiger partial charge on any atom is 0.181 e. The quantitative estimate of drug-likeness (QED) is 0.340. The van der Waals surface area contributed by atoms with Gasteiger partial charge in [0, 0.05) is 36.4 Å². The standard InChI is InChI=1S/C26H25N3O5/c1-29-20-13-17(5-6-18(20)15-27-29)26-24(33-3)12-8-19(28-26)22(31)10-9-21(30)16-7-11-23(32-2)25(14-16)34-4/h5-8,11-15H,9-10H2,1-4H3. The number of Topliss-reactive ketones (excluding diaryl/α,β-unsaturated/α-hetero) is 2. The van der Waals surface area contributed by atoms with Gasteiger partial charge in [-0.15, -0.1) is 0 Å². The molecule has 4 rings (SSSR count). The summed E-state index contributed by atoms with van der Waals surface area (Å²) in [5.41, 5.74) is 3.05. The summed E-state index contributed by atoms with van der Waals surface area (Å²) < 4.78 is 17.7. The largest absolute Gasteiger partial charge is 0.494 e. The van der Waals surface area contributed by atoms with Crippen LogP contribution in [-0.4, -0.2) is 47.7 Å². The van der Waals surface area contributed by atoms with E-state index in [1.165, 1.54) is 14.2 Å². The lowest BCUT2D eigenvalue weighted by atomic mass is 10.0. The molecule has 8 nitrogen and oxygen atoms in total. The van der Waals surface area contributed by atoms with Crippen LogP contribution < -0.4 is 14.2 Å². The van der Waals surface area contributed by atoms with E-state index in [-0.39, 0.29) is 30.1 Å². The highest BCUT2D eigenvalue weighted by Crippen LogP contribution is 2.31. The van der Waals surface area contributed by atoms with Gasteiger partial charge in [0.25, 0.3) is 0 Å². The van der Waals surface area contributed by atoms with Crippen molar-refractivity contribution in [1.29, 1.82) is 0 Å². The molecule has 8 heteroatoms. The number of hydrogen-bond acceptors (Lipinski definition) is 7. The molecule has 0 aliphatic carbocycles. The number of hydrogen-bond donors (Lipinski definition) is 0. The molecule has 0 aliphatic rings. The summed E-state index contributed by atoms with van der Waals surface area (Å²) in [5.74, 6) is 1.17. The average molecular weight is 460 g/mol. The van der Waals surface area contributed by atoms with Gasteiger partial charge in [0.1, 0.15) is 17.1 Å². The molecular formula is C26H25N3O5. The summed E-state index contributed by atoms with van der Waals surface area (Å²) in [6.45, 7) is 0. The van der Waals surface area contributed by atoms with Crippen LogP contribution in [0.2, 0.25) is 0 Å². The zero-order valence-electron chi connectivity index (χ0n) is 19.5. The van der Waals surface area contributed by atoms with Crippen LogP contribution >= 0.6 is 0 Å². The number of ether oxygens (including phenoxy) is 3. The third kappa shape index (κ3) is 4.47. The molecule has 2 heterocycles. The Balaban J connectivity index is 1.54. The first kappa shape index (κ1) is 23.0. The molecule has 0 amide bonds. The maximum atomic E-state index is 12.9. The van der Waals surface area contributed by atoms with Gasteiger partial charge in [0.15, 0.2) is 23.1 Å². The molecular weight excluding hydrogens is 434 g/mol. The number of ketones is 2. The van der Waals surface area contributed by atoms with Gasteiger partial charge < -0.3 is 14.2 Å². The molecule has 0 saturated heterocycles. The van der Waals surface area contributed by atoms with Crippen LogP contribution in [0.3, 0.4) is 0 Å². The molecule has 2 aromatic heterocycles. The molecule has 0 N–H and O–H groups in total. The first-order valence-electron chi connectivity index (χ1n) is 10.7. The van der Waals surface area contributed by atoms with Crippen molar-refractivity contribution in [2.24, 2.45) is 7.05 Å². The Morgan fingerprint density at radius 2 is 1.53 bits per heavy atom. The van der Waals surface area contributed by atoms with Gasteiger partial charge in [-0.2, -0.15) is 5.10 Å². The van der Waals surface area contributed by atoms with Crippen molar-refractivity contribution in [1.82, 2.24) is 14.8 Å². The number of nitrogens with zero attached hydrogens (tertiary/aromatic N) is 3. The van der Waals surface area contributed by atoms with E-state index >= 15 is 0 Å². The number of benzene rings is 2. The number of carbonyl (C=O) groups excluding carboxylic acids is 2. The molecule has 0 radical (unpaired) electrons. The predicted molar refractivity (Wildman–Crippen MR) is 128 cm³/mol. The smallest absolute Gasteiger partial charge is 0.181 e. The SMILES string of the molecule is COc1ccc(C(=O)CCC(=O)c2ccc(OC)c(-c3ccc4cnn(C)c4c3)n2)cc1OC. The van der Waals surface area contributed by atoms with Crippen LogP contribution in [-0.2, 0) is 7.05 Å². The number of carbonyl (C=O) groups is 2. The molecule has 0 saturated carbocycles. The lowest BCUT2D eigenvalue weighted by Gasteiger charge is -2.11. The zero-order chi connectivity index (χ0) is 24.2. The fraction of sp³-hybridized carbons (Fsp3) is 0.231. The molecule has 0 bridgehead atoms. The second kappa shape index (κ2) is 9.74. The molecule has 0 spiro atoms. The van der Waals surface area contributed by atoms with Gasteiger partial charge >= 0.3 is 0 Å². The zero-order valence-corrected chi connectivity index (χ0v) is 19.5. The predicted octanol–water partition coefficient (Wildman–Crippen LogP) is 4.51. The molecule has 4 aromatic rings. The van der Waals surface area contributed by atoms with E-state index < -0.39 is 0 Å². The van der Waals surface area contributed by atoms with E-state index in [2.05, 4.69) is 10.1 Å². The van der Waals surface area contributed by atoms with Crippen molar-refractivity contribution in [2.45, 2.75) is 12.8 Å². The van der Waals surface area contributed by atoms with E-state index in [1.807, 2.05) is 25.2 Å². The van der Waals surface area contributed by atoms with Crippen molar-refractivity contribution in [3.05, 3.63) is 66.0 Å². The minimum absolute atomic E-state index is 0.0344. The van der Waals surface area contributed by atoms with Crippen LogP contribution in [0.25, 0.3) is 22.2 Å². The molecule has 34 heavy (non-hydrogen) atoms. The minimum Gasteiger partial charge on any atom is -0.494 e. The number of pyridine rings is 1. The number of fused-ring (bicyclic) bond motifs is 1. The second-order valence-electron chi connectivity index (χ2n) is 7.71. The van der Waals surface area contributed by atoms with Gasteiger partial charge in [-0.25, -0.2) is 4.98 Å². The fourth-order valence-corrected chi connectivity index (χ4v) is 3.77. The molecule has 0 aliphatic heterocycles. The highest BCUT2D eigenvalue weighted by atomic mass is 16.5. The third-order valence-electron chi connectivity index (χ3n) is 5.67. The van der Waals surface area contributed by atoms with Crippen LogP contribution in [0.15, 0.2) is 54.7 Å². The summed E-state index contributed by atoms with van der Waals surface area (Å²) in [7, 11) is 6.47. The van der Waals surface area contributed by atoms with E-state index in [0.29, 0.717) is 28.5 Å². The van der Waals surface area contributed by atoms with E-state index in [4.69, 9.17) is 14.2 Å². The number of rotatable bonds is 9. The third-order valence-corrected chi connectivity index (χ3v) is 5.67. The lowest BCUT2D eigenvalue weighted by Crippen LogP contribution is -2.08. The number of aryl methyl sites for hydroxylation is 1. The highest BCUT2D eigenvalue weighted by Gasteiger charge is 2.17. The normalized spacial score (nSPS) is 10.8. The summed E-state index contributed by atoms with van der Waals surface area (Å²) in [4.78, 5) is 30.2. The van der Waals surface area contributed by atoms with Gasteiger partial charge in [0.05, 0.1) is 33.0 Å². The van der Waals surface area contributed by atoms with E-state index in [1.54, 1.807) is 48.3 Å². The number of aromatic nitrogens is 3. The Bertz CT molecular complexity index is 1380. The van der Waals surface area contributed by atoms with Gasteiger partial charge in [-0.05, 0) is 36.4 Å². The van der Waals surface area contributed by atoms with Crippen LogP contribution in [0.4, 0.5) is 0 Å². The summed E-state index contributed by atoms with van der Waals surface area (Å²) >= 11 is 0. The lowest BCUT2D eigenvalue weighted by molar-refractivity contribution is 0.0915. The van der Waals surface area contributed by atoms with E-state index in [0.717, 1.165) is 16.5 Å². The van der Waals surface area contributed by atoms with Crippen LogP contribution in [0.5, 0.6) is 17.2 Å². The molecule has 0 unspecified atom stereocenters. The Morgan fingerprint density at radius 3 is 2.26 bits per heavy atom. The fourth-order valence-electron chi connectivity index (χ4n) is 3.77. The van der Waals surface area contributed by atoms with E-state index in [9.17, 15) is 9.59 Å². The van der Waals surface area contributed by atoms with Gasteiger partial charge in [-0.3, -0.25) is 14.3 Å². The molecule has 0 atom stereocenters. The second-order valence-corrected chi connectivity index (χ2v) is 7.71.